The highest BCUT2D eigenvalue weighted by atomic mass is 35.5. The molecule has 0 N–H and O–H groups in total. The van der Waals surface area contributed by atoms with Crippen LogP contribution >= 0.6 is 23.7 Å². The molecule has 2 aliphatic heterocycles. The highest BCUT2D eigenvalue weighted by molar-refractivity contribution is 7.89. The summed E-state index contributed by atoms with van der Waals surface area (Å²) in [6.45, 7) is 7.86. The molecule has 3 aromatic rings. The number of nitrogens with zero attached hydrogens (tertiary/aromatic N) is 4. The molecule has 0 unspecified atom stereocenters. The number of hydrogen-bond acceptors (Lipinski definition) is 7. The summed E-state index contributed by atoms with van der Waals surface area (Å²) in [5.74, 6) is -0.165. The zero-order valence-electron chi connectivity index (χ0n) is 22.4. The summed E-state index contributed by atoms with van der Waals surface area (Å²) in [6, 6.07) is 12.5. The SMILES string of the molecule is Cc1ccc2nc(N(CCCN3CCOCC3)C(=O)c3ccc(S(=O)(=O)N4CCCCCC4)cc3)sc2c1.Cl. The minimum absolute atomic E-state index is 0. The van der Waals surface area contributed by atoms with Crippen LogP contribution in [0.1, 0.15) is 48.0 Å². The third-order valence-electron chi connectivity index (χ3n) is 7.27. The van der Waals surface area contributed by atoms with Gasteiger partial charge < -0.3 is 4.74 Å². The number of carbonyl (C=O) groups is 1. The van der Waals surface area contributed by atoms with Crippen LogP contribution in [-0.2, 0) is 14.8 Å². The van der Waals surface area contributed by atoms with E-state index in [2.05, 4.69) is 11.0 Å². The summed E-state index contributed by atoms with van der Waals surface area (Å²) in [5, 5.41) is 0.666. The van der Waals surface area contributed by atoms with Gasteiger partial charge in [0.05, 0.1) is 28.3 Å². The molecule has 0 spiro atoms. The van der Waals surface area contributed by atoms with E-state index in [1.54, 1.807) is 33.5 Å². The lowest BCUT2D eigenvalue weighted by molar-refractivity contribution is 0.0376. The topological polar surface area (TPSA) is 83.0 Å². The number of benzene rings is 2. The van der Waals surface area contributed by atoms with Crippen molar-refractivity contribution in [1.82, 2.24) is 14.2 Å². The van der Waals surface area contributed by atoms with Gasteiger partial charge in [0.15, 0.2) is 5.13 Å². The monoisotopic (exact) mass is 592 g/mol. The van der Waals surface area contributed by atoms with Crippen molar-refractivity contribution in [2.45, 2.75) is 43.9 Å². The van der Waals surface area contributed by atoms with E-state index in [4.69, 9.17) is 9.72 Å². The van der Waals surface area contributed by atoms with Crippen molar-refractivity contribution in [2.24, 2.45) is 0 Å². The maximum Gasteiger partial charge on any atom is 0.260 e. The normalized spacial score (nSPS) is 17.5. The molecular formula is C28H37ClN4O4S2. The van der Waals surface area contributed by atoms with Gasteiger partial charge in [0.2, 0.25) is 10.0 Å². The molecule has 1 aromatic heterocycles. The van der Waals surface area contributed by atoms with Crippen molar-refractivity contribution in [1.29, 1.82) is 0 Å². The van der Waals surface area contributed by atoms with Crippen molar-refractivity contribution in [3.05, 3.63) is 53.6 Å². The van der Waals surface area contributed by atoms with E-state index in [9.17, 15) is 13.2 Å². The molecule has 8 nitrogen and oxygen atoms in total. The molecular weight excluding hydrogens is 556 g/mol. The number of ether oxygens (including phenoxy) is 1. The molecule has 11 heteroatoms. The summed E-state index contributed by atoms with van der Waals surface area (Å²) in [5.41, 5.74) is 2.49. The van der Waals surface area contributed by atoms with Crippen molar-refractivity contribution in [3.63, 3.8) is 0 Å². The Hall–Kier alpha value is -2.08. The predicted molar refractivity (Wildman–Crippen MR) is 159 cm³/mol. The number of amides is 1. The molecule has 0 saturated carbocycles. The van der Waals surface area contributed by atoms with Gasteiger partial charge in [0.1, 0.15) is 0 Å². The molecule has 2 aliphatic rings. The average Bonchev–Trinajstić information content (AvgIpc) is 3.14. The van der Waals surface area contributed by atoms with Crippen LogP contribution < -0.4 is 4.90 Å². The number of fused-ring (bicyclic) bond motifs is 1. The van der Waals surface area contributed by atoms with Crippen LogP contribution in [0.4, 0.5) is 5.13 Å². The third-order valence-corrected chi connectivity index (χ3v) is 10.2. The molecule has 5 rings (SSSR count). The molecule has 39 heavy (non-hydrogen) atoms. The molecule has 0 atom stereocenters. The lowest BCUT2D eigenvalue weighted by atomic mass is 10.2. The van der Waals surface area contributed by atoms with Gasteiger partial charge in [-0.05, 0) is 68.1 Å². The number of anilines is 1. The van der Waals surface area contributed by atoms with Crippen molar-refractivity contribution in [3.8, 4) is 0 Å². The Morgan fingerprint density at radius 3 is 2.38 bits per heavy atom. The number of hydrogen-bond donors (Lipinski definition) is 0. The molecule has 2 fully saturated rings. The highest BCUT2D eigenvalue weighted by Crippen LogP contribution is 2.31. The molecule has 2 aromatic carbocycles. The first-order chi connectivity index (χ1) is 18.4. The molecule has 2 saturated heterocycles. The largest absolute Gasteiger partial charge is 0.379 e. The standard InChI is InChI=1S/C28H36N4O4S2.ClH/c1-22-7-12-25-26(21-22)37-28(29-25)32(16-6-13-30-17-19-36-20-18-30)27(33)23-8-10-24(11-9-23)38(34,35)31-14-4-2-3-5-15-31;/h7-12,21H,2-6,13-20H2,1H3;1H. The van der Waals surface area contributed by atoms with E-state index in [0.717, 1.165) is 80.7 Å². The Bertz CT molecular complexity index is 1350. The molecule has 0 bridgehead atoms. The van der Waals surface area contributed by atoms with Crippen molar-refractivity contribution in [2.75, 3.05) is 57.4 Å². The van der Waals surface area contributed by atoms with Gasteiger partial charge in [-0.1, -0.05) is 30.2 Å². The lowest BCUT2D eigenvalue weighted by Crippen LogP contribution is -2.39. The quantitative estimate of drug-likeness (QED) is 0.368. The zero-order chi connectivity index (χ0) is 26.5. The van der Waals surface area contributed by atoms with Gasteiger partial charge in [0, 0.05) is 44.8 Å². The summed E-state index contributed by atoms with van der Waals surface area (Å²) in [4.78, 5) is 22.9. The second-order valence-corrected chi connectivity index (χ2v) is 13.0. The van der Waals surface area contributed by atoms with Gasteiger partial charge in [-0.2, -0.15) is 4.31 Å². The van der Waals surface area contributed by atoms with E-state index >= 15 is 0 Å². The van der Waals surface area contributed by atoms with E-state index in [0.29, 0.717) is 30.3 Å². The Kier molecular flexibility index (Phi) is 10.4. The van der Waals surface area contributed by atoms with Crippen molar-refractivity contribution >= 4 is 55.0 Å². The number of sulfonamides is 1. The fourth-order valence-corrected chi connectivity index (χ4v) is 7.66. The Morgan fingerprint density at radius 2 is 1.69 bits per heavy atom. The van der Waals surface area contributed by atoms with Crippen LogP contribution in [0.2, 0.25) is 0 Å². The van der Waals surface area contributed by atoms with E-state index in [1.165, 1.54) is 11.3 Å². The second kappa shape index (κ2) is 13.5. The third kappa shape index (κ3) is 7.17. The summed E-state index contributed by atoms with van der Waals surface area (Å²) in [6.07, 6.45) is 4.70. The Balaban J connectivity index is 0.00000353. The first-order valence-corrected chi connectivity index (χ1v) is 15.8. The van der Waals surface area contributed by atoms with Gasteiger partial charge in [-0.3, -0.25) is 14.6 Å². The molecule has 212 valence electrons. The molecule has 3 heterocycles. The summed E-state index contributed by atoms with van der Waals surface area (Å²) in [7, 11) is -3.57. The zero-order valence-corrected chi connectivity index (χ0v) is 24.8. The summed E-state index contributed by atoms with van der Waals surface area (Å²) >= 11 is 1.51. The van der Waals surface area contributed by atoms with Gasteiger partial charge >= 0.3 is 0 Å². The number of carbonyl (C=O) groups excluding carboxylic acids is 1. The number of rotatable bonds is 8. The summed E-state index contributed by atoms with van der Waals surface area (Å²) < 4.78 is 34.5. The molecule has 1 amide bonds. The minimum Gasteiger partial charge on any atom is -0.379 e. The number of aryl methyl sites for hydroxylation is 1. The van der Waals surface area contributed by atoms with Crippen LogP contribution in [0.5, 0.6) is 0 Å². The lowest BCUT2D eigenvalue weighted by Gasteiger charge is -2.27. The fourth-order valence-electron chi connectivity index (χ4n) is 5.05. The van der Waals surface area contributed by atoms with Gasteiger partial charge in [-0.25, -0.2) is 13.4 Å². The minimum atomic E-state index is -3.57. The van der Waals surface area contributed by atoms with Crippen molar-refractivity contribution < 1.29 is 17.9 Å². The molecule has 0 radical (unpaired) electrons. The van der Waals surface area contributed by atoms with Crippen LogP contribution in [0, 0.1) is 6.92 Å². The molecule has 0 aliphatic carbocycles. The van der Waals surface area contributed by atoms with Crippen LogP contribution in [0.3, 0.4) is 0 Å². The smallest absolute Gasteiger partial charge is 0.260 e. The van der Waals surface area contributed by atoms with Gasteiger partial charge in [-0.15, -0.1) is 12.4 Å². The maximum atomic E-state index is 13.8. The Morgan fingerprint density at radius 1 is 1.00 bits per heavy atom. The number of aromatic nitrogens is 1. The fraction of sp³-hybridized carbons (Fsp3) is 0.500. The van der Waals surface area contributed by atoms with Crippen LogP contribution in [0.15, 0.2) is 47.4 Å². The highest BCUT2D eigenvalue weighted by Gasteiger charge is 2.27. The van der Waals surface area contributed by atoms with E-state index < -0.39 is 10.0 Å². The second-order valence-electron chi connectivity index (χ2n) is 10.1. The average molecular weight is 593 g/mol. The number of morpholine rings is 1. The maximum absolute atomic E-state index is 13.8. The van der Waals surface area contributed by atoms with E-state index in [-0.39, 0.29) is 23.2 Å². The van der Waals surface area contributed by atoms with Crippen LogP contribution in [0.25, 0.3) is 10.2 Å². The van der Waals surface area contributed by atoms with Gasteiger partial charge in [0.25, 0.3) is 5.91 Å². The predicted octanol–water partition coefficient (Wildman–Crippen LogP) is 4.96. The van der Waals surface area contributed by atoms with E-state index in [1.807, 2.05) is 19.1 Å². The first-order valence-electron chi connectivity index (χ1n) is 13.5. The number of thiazole rings is 1. The first kappa shape index (κ1) is 29.9. The Labute approximate surface area is 241 Å². The van der Waals surface area contributed by atoms with Crippen LogP contribution in [-0.4, -0.2) is 81.0 Å². The number of halogens is 1.